The summed E-state index contributed by atoms with van der Waals surface area (Å²) in [5.41, 5.74) is 3.25. The standard InChI is InChI=1S/C15H18N2/c1-17(14-10-6-3-7-11-14)15(12-16)13-8-4-2-5-9-13/h3,6-7,10-11H,2,4-5,8-9H2,1H3. The van der Waals surface area contributed by atoms with Crippen LogP contribution in [0.25, 0.3) is 0 Å². The fourth-order valence-electron chi connectivity index (χ4n) is 2.39. The molecule has 0 saturated heterocycles. The minimum atomic E-state index is 0.843. The molecule has 1 fully saturated rings. The van der Waals surface area contributed by atoms with Gasteiger partial charge in [0.2, 0.25) is 0 Å². The van der Waals surface area contributed by atoms with Gasteiger partial charge in [-0.25, -0.2) is 0 Å². The molecule has 0 atom stereocenters. The predicted octanol–water partition coefficient (Wildman–Crippen LogP) is 3.86. The molecule has 0 unspecified atom stereocenters. The van der Waals surface area contributed by atoms with E-state index in [-0.39, 0.29) is 0 Å². The van der Waals surface area contributed by atoms with Gasteiger partial charge in [-0.1, -0.05) is 24.6 Å². The van der Waals surface area contributed by atoms with Gasteiger partial charge in [-0.05, 0) is 43.4 Å². The first-order valence-corrected chi connectivity index (χ1v) is 6.24. The first kappa shape index (κ1) is 11.7. The van der Waals surface area contributed by atoms with Crippen LogP contribution in [0.5, 0.6) is 0 Å². The van der Waals surface area contributed by atoms with Gasteiger partial charge in [-0.3, -0.25) is 0 Å². The average molecular weight is 226 g/mol. The Balaban J connectivity index is 2.27. The minimum Gasteiger partial charge on any atom is -0.336 e. The molecule has 17 heavy (non-hydrogen) atoms. The van der Waals surface area contributed by atoms with Crippen LogP contribution in [0.15, 0.2) is 41.6 Å². The summed E-state index contributed by atoms with van der Waals surface area (Å²) in [4.78, 5) is 2.01. The summed E-state index contributed by atoms with van der Waals surface area (Å²) in [6.07, 6.45) is 5.92. The lowest BCUT2D eigenvalue weighted by Gasteiger charge is -2.23. The molecule has 1 aromatic carbocycles. The summed E-state index contributed by atoms with van der Waals surface area (Å²) in [6.45, 7) is 0. The topological polar surface area (TPSA) is 27.0 Å². The van der Waals surface area contributed by atoms with Crippen LogP contribution in [0.2, 0.25) is 0 Å². The third-order valence-corrected chi connectivity index (χ3v) is 3.38. The molecule has 1 saturated carbocycles. The van der Waals surface area contributed by atoms with Gasteiger partial charge in [0.15, 0.2) is 0 Å². The van der Waals surface area contributed by atoms with E-state index in [9.17, 15) is 5.26 Å². The maximum atomic E-state index is 9.36. The molecule has 1 aliphatic rings. The molecule has 0 heterocycles. The molecule has 0 aromatic heterocycles. The molecular formula is C15H18N2. The number of allylic oxidation sites excluding steroid dienone is 2. The molecule has 1 aliphatic carbocycles. The van der Waals surface area contributed by atoms with Crippen LogP contribution in [-0.4, -0.2) is 7.05 Å². The van der Waals surface area contributed by atoms with Crippen LogP contribution >= 0.6 is 0 Å². The molecule has 88 valence electrons. The van der Waals surface area contributed by atoms with Gasteiger partial charge in [0.25, 0.3) is 0 Å². The third kappa shape index (κ3) is 2.68. The number of hydrogen-bond acceptors (Lipinski definition) is 2. The Morgan fingerprint density at radius 1 is 1.12 bits per heavy atom. The summed E-state index contributed by atoms with van der Waals surface area (Å²) >= 11 is 0. The fourth-order valence-corrected chi connectivity index (χ4v) is 2.39. The minimum absolute atomic E-state index is 0.843. The molecule has 2 rings (SSSR count). The van der Waals surface area contributed by atoms with Crippen LogP contribution < -0.4 is 4.90 Å². The third-order valence-electron chi connectivity index (χ3n) is 3.38. The molecule has 0 amide bonds. The van der Waals surface area contributed by atoms with Crippen molar-refractivity contribution in [3.8, 4) is 6.07 Å². The quantitative estimate of drug-likeness (QED) is 0.716. The highest BCUT2D eigenvalue weighted by Gasteiger charge is 2.15. The smallest absolute Gasteiger partial charge is 0.119 e. The molecule has 0 bridgehead atoms. The molecule has 2 heteroatoms. The summed E-state index contributed by atoms with van der Waals surface area (Å²) in [5.74, 6) is 0. The highest BCUT2D eigenvalue weighted by molar-refractivity contribution is 5.55. The average Bonchev–Trinajstić information content (AvgIpc) is 2.42. The summed E-state index contributed by atoms with van der Waals surface area (Å²) < 4.78 is 0. The molecule has 0 aliphatic heterocycles. The predicted molar refractivity (Wildman–Crippen MR) is 70.6 cm³/mol. The molecule has 1 aromatic rings. The Morgan fingerprint density at radius 2 is 1.76 bits per heavy atom. The SMILES string of the molecule is CN(C(C#N)=C1CCCCC1)c1ccccc1. The molecular weight excluding hydrogens is 208 g/mol. The van der Waals surface area contributed by atoms with E-state index in [0.29, 0.717) is 0 Å². The van der Waals surface area contributed by atoms with Gasteiger partial charge in [0.1, 0.15) is 11.8 Å². The zero-order valence-electron chi connectivity index (χ0n) is 10.3. The number of benzene rings is 1. The number of nitriles is 1. The summed E-state index contributed by atoms with van der Waals surface area (Å²) in [5, 5.41) is 9.36. The van der Waals surface area contributed by atoms with Gasteiger partial charge in [-0.2, -0.15) is 5.26 Å². The highest BCUT2D eigenvalue weighted by atomic mass is 15.1. The molecule has 0 N–H and O–H groups in total. The summed E-state index contributed by atoms with van der Waals surface area (Å²) in [6, 6.07) is 12.5. The van der Waals surface area contributed by atoms with Crippen molar-refractivity contribution in [1.29, 1.82) is 5.26 Å². The Kier molecular flexibility index (Phi) is 3.82. The molecule has 0 spiro atoms. The highest BCUT2D eigenvalue weighted by Crippen LogP contribution is 2.28. The van der Waals surface area contributed by atoms with Crippen LogP contribution in [0.3, 0.4) is 0 Å². The van der Waals surface area contributed by atoms with Crippen molar-refractivity contribution in [2.24, 2.45) is 0 Å². The van der Waals surface area contributed by atoms with E-state index in [1.807, 2.05) is 42.3 Å². The normalized spacial score (nSPS) is 15.2. The van der Waals surface area contributed by atoms with Gasteiger partial charge in [0, 0.05) is 12.7 Å². The van der Waals surface area contributed by atoms with E-state index in [0.717, 1.165) is 24.2 Å². The number of rotatable bonds is 2. The van der Waals surface area contributed by atoms with Crippen molar-refractivity contribution < 1.29 is 0 Å². The fraction of sp³-hybridized carbons (Fsp3) is 0.400. The van der Waals surface area contributed by atoms with Gasteiger partial charge >= 0.3 is 0 Å². The molecule has 0 radical (unpaired) electrons. The Labute approximate surface area is 103 Å². The second-order valence-corrected chi connectivity index (χ2v) is 4.52. The van der Waals surface area contributed by atoms with E-state index in [2.05, 4.69) is 6.07 Å². The first-order chi connectivity index (χ1) is 8.33. The van der Waals surface area contributed by atoms with Crippen molar-refractivity contribution in [3.63, 3.8) is 0 Å². The lowest BCUT2D eigenvalue weighted by Crippen LogP contribution is -2.18. The zero-order chi connectivity index (χ0) is 12.1. The van der Waals surface area contributed by atoms with Gasteiger partial charge < -0.3 is 4.90 Å². The largest absolute Gasteiger partial charge is 0.336 e. The van der Waals surface area contributed by atoms with E-state index in [4.69, 9.17) is 0 Å². The van der Waals surface area contributed by atoms with Crippen molar-refractivity contribution >= 4 is 5.69 Å². The molecule has 2 nitrogen and oxygen atoms in total. The van der Waals surface area contributed by atoms with E-state index in [1.54, 1.807) is 0 Å². The number of para-hydroxylation sites is 1. The Hall–Kier alpha value is -1.75. The lowest BCUT2D eigenvalue weighted by atomic mass is 9.93. The van der Waals surface area contributed by atoms with E-state index in [1.165, 1.54) is 24.8 Å². The van der Waals surface area contributed by atoms with Crippen molar-refractivity contribution in [3.05, 3.63) is 41.6 Å². The van der Waals surface area contributed by atoms with E-state index < -0.39 is 0 Å². The first-order valence-electron chi connectivity index (χ1n) is 6.24. The van der Waals surface area contributed by atoms with Gasteiger partial charge in [-0.15, -0.1) is 0 Å². The van der Waals surface area contributed by atoms with Crippen LogP contribution in [-0.2, 0) is 0 Å². The maximum Gasteiger partial charge on any atom is 0.119 e. The van der Waals surface area contributed by atoms with Crippen molar-refractivity contribution in [1.82, 2.24) is 0 Å². The Bertz CT molecular complexity index is 432. The number of anilines is 1. The van der Waals surface area contributed by atoms with Crippen molar-refractivity contribution in [2.45, 2.75) is 32.1 Å². The number of hydrogen-bond donors (Lipinski definition) is 0. The maximum absolute atomic E-state index is 9.36. The lowest BCUT2D eigenvalue weighted by molar-refractivity contribution is 0.593. The van der Waals surface area contributed by atoms with Crippen molar-refractivity contribution in [2.75, 3.05) is 11.9 Å². The monoisotopic (exact) mass is 226 g/mol. The van der Waals surface area contributed by atoms with Gasteiger partial charge in [0.05, 0.1) is 0 Å². The van der Waals surface area contributed by atoms with E-state index >= 15 is 0 Å². The Morgan fingerprint density at radius 3 is 2.35 bits per heavy atom. The van der Waals surface area contributed by atoms with Crippen LogP contribution in [0.4, 0.5) is 5.69 Å². The van der Waals surface area contributed by atoms with Crippen LogP contribution in [0, 0.1) is 11.3 Å². The second kappa shape index (κ2) is 5.54. The van der Waals surface area contributed by atoms with Crippen LogP contribution in [0.1, 0.15) is 32.1 Å². The zero-order valence-corrected chi connectivity index (χ0v) is 10.3. The number of nitrogens with zero attached hydrogens (tertiary/aromatic N) is 2. The second-order valence-electron chi connectivity index (χ2n) is 4.52. The summed E-state index contributed by atoms with van der Waals surface area (Å²) in [7, 11) is 1.98.